The second kappa shape index (κ2) is 6.22. The normalized spacial score (nSPS) is 11.9. The fraction of sp³-hybridized carbons (Fsp3) is 0.500. The van der Waals surface area contributed by atoms with Gasteiger partial charge in [-0.25, -0.2) is 0 Å². The van der Waals surface area contributed by atoms with Crippen LogP contribution in [0.5, 0.6) is 0 Å². The molecule has 0 fully saturated rings. The largest absolute Gasteiger partial charge is 0.346 e. The Balaban J connectivity index is 2.12. The summed E-state index contributed by atoms with van der Waals surface area (Å²) in [5.41, 5.74) is 2.68. The van der Waals surface area contributed by atoms with E-state index in [1.807, 2.05) is 0 Å². The van der Waals surface area contributed by atoms with Crippen LogP contribution in [0.15, 0.2) is 30.5 Å². The fourth-order valence-corrected chi connectivity index (χ4v) is 2.18. The topological polar surface area (TPSA) is 20.2 Å². The lowest BCUT2D eigenvalue weighted by Gasteiger charge is -2.12. The molecule has 0 unspecified atom stereocenters. The lowest BCUT2D eigenvalue weighted by molar-refractivity contribution is 0.387. The molecule has 0 amide bonds. The number of rotatable bonds is 6. The molecule has 0 saturated heterocycles. The second-order valence-corrected chi connectivity index (χ2v) is 5.74. The molecule has 104 valence electrons. The molecular formula is C16H25N3. The average Bonchev–Trinajstić information content (AvgIpc) is 2.76. The highest BCUT2D eigenvalue weighted by molar-refractivity contribution is 5.80. The zero-order valence-electron chi connectivity index (χ0n) is 12.5. The van der Waals surface area contributed by atoms with E-state index in [4.69, 9.17) is 0 Å². The molecule has 0 aliphatic carbocycles. The predicted octanol–water partition coefficient (Wildman–Crippen LogP) is 2.70. The Hall–Kier alpha value is -1.32. The van der Waals surface area contributed by atoms with Crippen molar-refractivity contribution in [2.75, 3.05) is 20.6 Å². The molecule has 2 rings (SSSR count). The summed E-state index contributed by atoms with van der Waals surface area (Å²) < 4.78 is 2.33. The first-order valence-electron chi connectivity index (χ1n) is 7.02. The smallest absolute Gasteiger partial charge is 0.0480 e. The highest BCUT2D eigenvalue weighted by atomic mass is 15.1. The molecule has 2 aromatic rings. The van der Waals surface area contributed by atoms with Crippen LogP contribution in [0.4, 0.5) is 0 Å². The molecule has 1 heterocycles. The standard InChI is InChI=1S/C16H25N3/c1-13(2)17-12-14-5-6-16-15(11-14)7-8-19(16)10-9-18(3)4/h5-8,11,13,17H,9-10,12H2,1-4H3. The molecule has 0 atom stereocenters. The Kier molecular flexibility index (Phi) is 4.61. The third kappa shape index (κ3) is 3.82. The maximum Gasteiger partial charge on any atom is 0.0480 e. The predicted molar refractivity (Wildman–Crippen MR) is 82.5 cm³/mol. The molecule has 1 aromatic carbocycles. The molecule has 0 saturated carbocycles. The molecule has 1 aromatic heterocycles. The second-order valence-electron chi connectivity index (χ2n) is 5.74. The minimum atomic E-state index is 0.528. The summed E-state index contributed by atoms with van der Waals surface area (Å²) in [6.07, 6.45) is 2.19. The van der Waals surface area contributed by atoms with Gasteiger partial charge in [0, 0.05) is 37.4 Å². The van der Waals surface area contributed by atoms with Crippen LogP contribution in [0.1, 0.15) is 19.4 Å². The van der Waals surface area contributed by atoms with Crippen LogP contribution >= 0.6 is 0 Å². The van der Waals surface area contributed by atoms with E-state index >= 15 is 0 Å². The molecule has 0 spiro atoms. The van der Waals surface area contributed by atoms with Crippen molar-refractivity contribution >= 4 is 10.9 Å². The number of hydrogen-bond acceptors (Lipinski definition) is 2. The summed E-state index contributed by atoms with van der Waals surface area (Å²) in [5, 5.41) is 4.79. The number of hydrogen-bond donors (Lipinski definition) is 1. The van der Waals surface area contributed by atoms with Crippen LogP contribution in [-0.4, -0.2) is 36.1 Å². The summed E-state index contributed by atoms with van der Waals surface area (Å²) >= 11 is 0. The van der Waals surface area contributed by atoms with Crippen LogP contribution in [-0.2, 0) is 13.1 Å². The Morgan fingerprint density at radius 1 is 1.21 bits per heavy atom. The molecular weight excluding hydrogens is 234 g/mol. The van der Waals surface area contributed by atoms with Crippen molar-refractivity contribution < 1.29 is 0 Å². The molecule has 0 bridgehead atoms. The number of likely N-dealkylation sites (N-methyl/N-ethyl adjacent to an activating group) is 1. The molecule has 19 heavy (non-hydrogen) atoms. The van der Waals surface area contributed by atoms with Crippen LogP contribution in [0, 0.1) is 0 Å². The first kappa shape index (κ1) is 14.1. The van der Waals surface area contributed by atoms with Crippen molar-refractivity contribution in [1.82, 2.24) is 14.8 Å². The average molecular weight is 259 g/mol. The van der Waals surface area contributed by atoms with E-state index in [-0.39, 0.29) is 0 Å². The van der Waals surface area contributed by atoms with Crippen molar-refractivity contribution in [2.24, 2.45) is 0 Å². The van der Waals surface area contributed by atoms with E-state index < -0.39 is 0 Å². The molecule has 0 aliphatic rings. The molecule has 1 N–H and O–H groups in total. The Morgan fingerprint density at radius 3 is 2.68 bits per heavy atom. The van der Waals surface area contributed by atoms with Crippen molar-refractivity contribution in [3.05, 3.63) is 36.0 Å². The van der Waals surface area contributed by atoms with E-state index in [9.17, 15) is 0 Å². The van der Waals surface area contributed by atoms with Crippen molar-refractivity contribution in [3.8, 4) is 0 Å². The Labute approximate surface area is 116 Å². The van der Waals surface area contributed by atoms with E-state index in [0.717, 1.165) is 19.6 Å². The van der Waals surface area contributed by atoms with E-state index in [2.05, 4.69) is 73.2 Å². The molecule has 3 heteroatoms. The SMILES string of the molecule is CC(C)NCc1ccc2c(ccn2CCN(C)C)c1. The van der Waals surface area contributed by atoms with Gasteiger partial charge in [0.15, 0.2) is 0 Å². The van der Waals surface area contributed by atoms with Gasteiger partial charge in [0.05, 0.1) is 0 Å². The third-order valence-corrected chi connectivity index (χ3v) is 3.34. The summed E-state index contributed by atoms with van der Waals surface area (Å²) in [6.45, 7) is 7.41. The van der Waals surface area contributed by atoms with Crippen molar-refractivity contribution in [3.63, 3.8) is 0 Å². The summed E-state index contributed by atoms with van der Waals surface area (Å²) in [6, 6.07) is 9.49. The monoisotopic (exact) mass is 259 g/mol. The van der Waals surface area contributed by atoms with Gasteiger partial charge in [-0.1, -0.05) is 19.9 Å². The summed E-state index contributed by atoms with van der Waals surface area (Å²) in [5.74, 6) is 0. The minimum Gasteiger partial charge on any atom is -0.346 e. The first-order chi connectivity index (χ1) is 9.06. The van der Waals surface area contributed by atoms with E-state index in [1.165, 1.54) is 16.5 Å². The van der Waals surface area contributed by atoms with Gasteiger partial charge < -0.3 is 14.8 Å². The first-order valence-corrected chi connectivity index (χ1v) is 7.02. The van der Waals surface area contributed by atoms with Crippen LogP contribution < -0.4 is 5.32 Å². The van der Waals surface area contributed by atoms with E-state index in [1.54, 1.807) is 0 Å². The number of nitrogens with zero attached hydrogens (tertiary/aromatic N) is 2. The highest BCUT2D eigenvalue weighted by Crippen LogP contribution is 2.17. The van der Waals surface area contributed by atoms with Gasteiger partial charge in [0.2, 0.25) is 0 Å². The van der Waals surface area contributed by atoms with Gasteiger partial charge >= 0.3 is 0 Å². The van der Waals surface area contributed by atoms with Crippen molar-refractivity contribution in [2.45, 2.75) is 33.0 Å². The molecule has 0 aliphatic heterocycles. The minimum absolute atomic E-state index is 0.528. The summed E-state index contributed by atoms with van der Waals surface area (Å²) in [4.78, 5) is 2.22. The third-order valence-electron chi connectivity index (χ3n) is 3.34. The lowest BCUT2D eigenvalue weighted by Crippen LogP contribution is -2.21. The molecule has 3 nitrogen and oxygen atoms in total. The number of benzene rings is 1. The Morgan fingerprint density at radius 2 is 2.00 bits per heavy atom. The maximum atomic E-state index is 3.46. The van der Waals surface area contributed by atoms with Gasteiger partial charge in [0.25, 0.3) is 0 Å². The van der Waals surface area contributed by atoms with Gasteiger partial charge in [-0.3, -0.25) is 0 Å². The number of fused-ring (bicyclic) bond motifs is 1. The zero-order chi connectivity index (χ0) is 13.8. The zero-order valence-corrected chi connectivity index (χ0v) is 12.5. The maximum absolute atomic E-state index is 3.46. The van der Waals surface area contributed by atoms with Gasteiger partial charge in [-0.15, -0.1) is 0 Å². The molecule has 0 radical (unpaired) electrons. The summed E-state index contributed by atoms with van der Waals surface area (Å²) in [7, 11) is 4.22. The van der Waals surface area contributed by atoms with Gasteiger partial charge in [-0.2, -0.15) is 0 Å². The lowest BCUT2D eigenvalue weighted by atomic mass is 10.1. The van der Waals surface area contributed by atoms with Crippen LogP contribution in [0.25, 0.3) is 10.9 Å². The Bertz CT molecular complexity index is 526. The van der Waals surface area contributed by atoms with Crippen LogP contribution in [0.3, 0.4) is 0 Å². The van der Waals surface area contributed by atoms with Gasteiger partial charge in [-0.05, 0) is 43.2 Å². The number of nitrogens with one attached hydrogen (secondary N) is 1. The fourth-order valence-electron chi connectivity index (χ4n) is 2.18. The van der Waals surface area contributed by atoms with Crippen molar-refractivity contribution in [1.29, 1.82) is 0 Å². The van der Waals surface area contributed by atoms with E-state index in [0.29, 0.717) is 6.04 Å². The van der Waals surface area contributed by atoms with Gasteiger partial charge in [0.1, 0.15) is 0 Å². The van der Waals surface area contributed by atoms with Crippen LogP contribution in [0.2, 0.25) is 0 Å². The number of aromatic nitrogens is 1. The quantitative estimate of drug-likeness (QED) is 0.860. The highest BCUT2D eigenvalue weighted by Gasteiger charge is 2.03.